The minimum Gasteiger partial charge on any atom is -0.311 e. The Hall–Kier alpha value is -10.3. The Morgan fingerprint density at radius 3 is 1.30 bits per heavy atom. The van der Waals surface area contributed by atoms with Crippen LogP contribution >= 0.6 is 0 Å². The van der Waals surface area contributed by atoms with Gasteiger partial charge in [0, 0.05) is 62.0 Å². The Bertz CT molecular complexity index is 7540. The van der Waals surface area contributed by atoms with E-state index in [0.29, 0.717) is 14.7 Å². The van der Waals surface area contributed by atoms with E-state index < -0.39 is 418 Å². The van der Waals surface area contributed by atoms with Gasteiger partial charge in [-0.3, -0.25) is 0 Å². The van der Waals surface area contributed by atoms with Gasteiger partial charge in [0.1, 0.15) is 0 Å². The third-order valence-electron chi connectivity index (χ3n) is 16.3. The van der Waals surface area contributed by atoms with Gasteiger partial charge in [-0.25, -0.2) is 0 Å². The summed E-state index contributed by atoms with van der Waals surface area (Å²) < 4.78 is 440. The third kappa shape index (κ3) is 9.74. The zero-order valence-corrected chi connectivity index (χ0v) is 52.8. The van der Waals surface area contributed by atoms with Crippen molar-refractivity contribution in [2.24, 2.45) is 0 Å². The van der Waals surface area contributed by atoms with Crippen LogP contribution in [0.4, 0.5) is 68.2 Å². The molecule has 0 saturated carbocycles. The fourth-order valence-corrected chi connectivity index (χ4v) is 11.6. The van der Waals surface area contributed by atoms with Gasteiger partial charge in [0.2, 0.25) is 0 Å². The largest absolute Gasteiger partial charge is 0.311 e. The molecule has 12 aromatic carbocycles. The van der Waals surface area contributed by atoms with Crippen molar-refractivity contribution in [2.45, 2.75) is 105 Å². The highest BCUT2D eigenvalue weighted by atomic mass is 15.2. The van der Waals surface area contributed by atoms with Gasteiger partial charge in [-0.1, -0.05) is 234 Å². The number of benzene rings is 12. The maximum Gasteiger partial charge on any atom is 0.252 e. The highest BCUT2D eigenvalue weighted by Gasteiger charge is 2.47. The van der Waals surface area contributed by atoms with Crippen molar-refractivity contribution in [1.29, 1.82) is 0 Å². The smallest absolute Gasteiger partial charge is 0.252 e. The Balaban J connectivity index is 1.24. The van der Waals surface area contributed by atoms with Crippen LogP contribution in [0.3, 0.4) is 0 Å². The standard InChI is InChI=1S/C88H80BN5/c1-85(2,3)61-37-44-67(45-38-61)90(68-46-39-62(40-47-68)86(4,5)6)70-48-49-74-78(54-70)92(69-42-35-60(36-43-69)59-33-31-58(32-34-59)57-23-16-13-17-24-57)79-55-71(91(65-25-18-14-19-26-65)66-27-20-15-21-28-66)56-80-82(79)89(74)75-29-22-30-77-84(75)94(80)81-53-64(88(10,11)12)52-73-72-51-63(87(7,8)9)41-50-76(72)93(77)83(73)81/h13-56H,1-12H3/i13D,14D,15D,16D,17D,18D,19D,20D,21D,22D,23D,24D,25D,26D,27D,28D,29D,30D,31D,32D,33D,34D,35D,36D,37D,38D,39D,40D,41D,42D,43D,44D,45D,46D,47D,48D,49D,50D,51D,52D,53D,54D,55D,56D. The number of hydrogen-bond acceptors (Lipinski definition) is 4. The predicted octanol–water partition coefficient (Wildman–Crippen LogP) is 22.6. The first-order valence-electron chi connectivity index (χ1n) is 52.0. The fourth-order valence-electron chi connectivity index (χ4n) is 11.6. The lowest BCUT2D eigenvalue weighted by molar-refractivity contribution is 0.590. The Morgan fingerprint density at radius 1 is 0.309 bits per heavy atom. The van der Waals surface area contributed by atoms with Crippen LogP contribution in [0.2, 0.25) is 0 Å². The number of aromatic nitrogens is 1. The molecular weight excluding hydrogens is 1140 g/mol. The number of rotatable bonds is 9. The molecule has 16 rings (SSSR count). The zero-order valence-electron chi connectivity index (χ0n) is 96.8. The average Bonchev–Trinajstić information content (AvgIpc) is 1.24. The third-order valence-corrected chi connectivity index (χ3v) is 16.3. The maximum absolute atomic E-state index is 11.6. The van der Waals surface area contributed by atoms with Gasteiger partial charge in [-0.15, -0.1) is 0 Å². The van der Waals surface area contributed by atoms with E-state index in [4.69, 9.17) is 9.60 Å². The van der Waals surface area contributed by atoms with E-state index >= 15 is 0 Å². The van der Waals surface area contributed by atoms with Gasteiger partial charge in [0.15, 0.2) is 0 Å². The summed E-state index contributed by atoms with van der Waals surface area (Å²) in [6.07, 6.45) is 0. The lowest BCUT2D eigenvalue weighted by Gasteiger charge is -2.47. The summed E-state index contributed by atoms with van der Waals surface area (Å²) >= 11 is 0. The van der Waals surface area contributed by atoms with Gasteiger partial charge in [-0.2, -0.15) is 0 Å². The molecule has 460 valence electrons. The lowest BCUT2D eigenvalue weighted by atomic mass is 9.33. The number of para-hydroxylation sites is 3. The molecule has 13 aromatic rings. The predicted molar refractivity (Wildman–Crippen MR) is 403 cm³/mol. The van der Waals surface area contributed by atoms with E-state index in [1.165, 1.54) is 41.5 Å². The van der Waals surface area contributed by atoms with Crippen LogP contribution in [-0.4, -0.2) is 11.3 Å². The van der Waals surface area contributed by atoms with E-state index in [1.807, 2.05) is 0 Å². The van der Waals surface area contributed by atoms with Gasteiger partial charge < -0.3 is 24.2 Å². The SMILES string of the molecule is [2H]c1c([2H])c([2H])c(-c2c([2H])c([2H])c(-c3c([2H])c([2H])c(N4c5c([2H])c(N(c6c([2H])c([2H])c(C(C)(C)C)c([2H])c6[2H])c6c([2H])c([2H])c(C(C)(C)C)c([2H])c6[2H])c([2H])c([2H])c5B5c6c4c([2H])c(N(c4c([2H])c([2H])c([2H])c([2H])c4[2H])c4c([2H])c([2H])c([2H])c([2H])c4[2H])c([2H])c6N4c6c5c([2H])c([2H])c([2H])c6-n5c6c([2H])c([2H])c(C(C)(C)C)c([2H])c6c6c([2H])c(C(C)(C)C)c([2H])c4c65)c([2H])c3[2H])c([2H])c2[2H])c([2H])c1[2H]. The Kier molecular flexibility index (Phi) is 6.47. The van der Waals surface area contributed by atoms with Crippen LogP contribution in [0.1, 0.15) is 166 Å². The lowest BCUT2D eigenvalue weighted by Crippen LogP contribution is -2.61. The summed E-state index contributed by atoms with van der Waals surface area (Å²) in [5, 5.41) is -0.633. The molecule has 4 heterocycles. The van der Waals surface area contributed by atoms with Gasteiger partial charge >= 0.3 is 0 Å². The molecule has 6 heteroatoms. The van der Waals surface area contributed by atoms with Crippen molar-refractivity contribution in [3.8, 4) is 27.9 Å². The van der Waals surface area contributed by atoms with E-state index in [2.05, 4.69) is 0 Å². The van der Waals surface area contributed by atoms with Gasteiger partial charge in [0.25, 0.3) is 6.71 Å². The highest BCUT2D eigenvalue weighted by molar-refractivity contribution is 7.00. The first-order valence-corrected chi connectivity index (χ1v) is 30.0. The summed E-state index contributed by atoms with van der Waals surface area (Å²) in [4.78, 5) is 2.17. The second kappa shape index (κ2) is 21.6. The van der Waals surface area contributed by atoms with Gasteiger partial charge in [-0.05, 0) is 197 Å². The quantitative estimate of drug-likeness (QED) is 0.134. The first-order chi connectivity index (χ1) is 63.6. The van der Waals surface area contributed by atoms with E-state index in [0.717, 1.165) is 9.47 Å². The van der Waals surface area contributed by atoms with Crippen molar-refractivity contribution >= 4 is 113 Å². The maximum atomic E-state index is 11.6. The van der Waals surface area contributed by atoms with Crippen LogP contribution in [0.25, 0.3) is 49.7 Å². The monoisotopic (exact) mass is 1260 g/mol. The normalized spacial score (nSPS) is 19.8. The molecule has 0 unspecified atom stereocenters. The molecule has 0 saturated heterocycles. The van der Waals surface area contributed by atoms with Crippen molar-refractivity contribution < 1.29 is 60.3 Å². The molecule has 1 aromatic heterocycles. The molecule has 0 N–H and O–H groups in total. The molecular formula is C88H80BN5. The zero-order chi connectivity index (χ0) is 103. The molecule has 0 radical (unpaired) electrons. The summed E-state index contributed by atoms with van der Waals surface area (Å²) in [6, 6.07) is -49.7. The molecule has 3 aliphatic heterocycles. The molecule has 0 fully saturated rings. The van der Waals surface area contributed by atoms with E-state index in [-0.39, 0.29) is 33.0 Å². The molecule has 5 nitrogen and oxygen atoms in total. The average molecular weight is 1260 g/mol. The van der Waals surface area contributed by atoms with Crippen molar-refractivity contribution in [3.63, 3.8) is 0 Å². The van der Waals surface area contributed by atoms with Crippen LogP contribution < -0.4 is 36.0 Å². The second-order valence-electron chi connectivity index (χ2n) is 26.8. The Morgan fingerprint density at radius 2 is 0.755 bits per heavy atom. The summed E-state index contributed by atoms with van der Waals surface area (Å²) in [7, 11) is 0. The number of nitrogens with zero attached hydrogens (tertiary/aromatic N) is 5. The number of anilines is 12. The van der Waals surface area contributed by atoms with Crippen LogP contribution in [0.5, 0.6) is 0 Å². The fraction of sp³-hybridized carbons (Fsp3) is 0.182. The first kappa shape index (κ1) is 28.1. The molecule has 0 amide bonds. The van der Waals surface area contributed by atoms with E-state index in [1.54, 1.807) is 41.5 Å². The van der Waals surface area contributed by atoms with Crippen LogP contribution in [0.15, 0.2) is 266 Å². The topological polar surface area (TPSA) is 17.9 Å². The molecule has 0 bridgehead atoms. The van der Waals surface area contributed by atoms with E-state index in [9.17, 15) is 50.7 Å². The van der Waals surface area contributed by atoms with Crippen molar-refractivity contribution in [2.75, 3.05) is 19.6 Å². The highest BCUT2D eigenvalue weighted by Crippen LogP contribution is 2.56. The molecule has 3 aliphatic rings. The van der Waals surface area contributed by atoms with Gasteiger partial charge in [0.05, 0.1) is 94.1 Å². The molecule has 0 spiro atoms. The Labute approximate surface area is 617 Å². The summed E-state index contributed by atoms with van der Waals surface area (Å²) in [6.45, 7) is 16.2. The molecule has 94 heavy (non-hydrogen) atoms. The van der Waals surface area contributed by atoms with Crippen LogP contribution in [-0.2, 0) is 21.7 Å². The molecule has 0 aliphatic carbocycles. The van der Waals surface area contributed by atoms with Crippen molar-refractivity contribution in [1.82, 2.24) is 4.57 Å². The summed E-state index contributed by atoms with van der Waals surface area (Å²) in [5.41, 5.74) is -28.1. The molecule has 0 atom stereocenters. The summed E-state index contributed by atoms with van der Waals surface area (Å²) in [5.74, 6) is 0. The minimum absolute atomic E-state index is 0.0882. The minimum atomic E-state index is -2.53. The number of hydrogen-bond donors (Lipinski definition) is 0. The number of fused-ring (bicyclic) bond motifs is 9. The van der Waals surface area contributed by atoms with Crippen LogP contribution in [0, 0.1) is 0 Å². The second-order valence-corrected chi connectivity index (χ2v) is 26.8. The van der Waals surface area contributed by atoms with Crippen molar-refractivity contribution in [3.05, 3.63) is 288 Å².